The van der Waals surface area contributed by atoms with E-state index < -0.39 is 0 Å². The van der Waals surface area contributed by atoms with Crippen molar-refractivity contribution in [3.8, 4) is 0 Å². The third-order valence-corrected chi connectivity index (χ3v) is 5.78. The molecule has 5 nitrogen and oxygen atoms in total. The molecule has 0 aliphatic heterocycles. The smallest absolute Gasteiger partial charge is 0.308 e. The molecule has 33 heavy (non-hydrogen) atoms. The first-order chi connectivity index (χ1) is 16.2. The van der Waals surface area contributed by atoms with Crippen LogP contribution in [0.3, 0.4) is 0 Å². The van der Waals surface area contributed by atoms with Crippen LogP contribution in [0.15, 0.2) is 120 Å². The molecule has 0 heterocycles. The van der Waals surface area contributed by atoms with Crippen LogP contribution in [0, 0.1) is 0 Å². The van der Waals surface area contributed by atoms with Crippen molar-refractivity contribution in [2.75, 3.05) is 21.3 Å². The van der Waals surface area contributed by atoms with Gasteiger partial charge in [-0.15, -0.1) is 11.8 Å². The summed E-state index contributed by atoms with van der Waals surface area (Å²) in [6.07, 6.45) is 0. The SMILES string of the molecule is O=C(Nc1ccccc1)Nc1ccc(SCC(=O)N(c2ccccc2)c2ccccc2)cc1. The van der Waals surface area contributed by atoms with E-state index in [9.17, 15) is 9.59 Å². The molecule has 2 N–H and O–H groups in total. The van der Waals surface area contributed by atoms with Gasteiger partial charge in [-0.25, -0.2) is 4.79 Å². The molecule has 0 aliphatic carbocycles. The number of thioether (sulfide) groups is 1. The minimum Gasteiger partial charge on any atom is -0.308 e. The topological polar surface area (TPSA) is 61.4 Å². The number of hydrogen-bond acceptors (Lipinski definition) is 3. The van der Waals surface area contributed by atoms with Gasteiger partial charge in [-0.2, -0.15) is 0 Å². The van der Waals surface area contributed by atoms with Crippen LogP contribution in [0.4, 0.5) is 27.5 Å². The predicted octanol–water partition coefficient (Wildman–Crippen LogP) is 6.79. The molecule has 0 saturated heterocycles. The summed E-state index contributed by atoms with van der Waals surface area (Å²) in [7, 11) is 0. The Labute approximate surface area is 197 Å². The lowest BCUT2D eigenvalue weighted by Gasteiger charge is -2.23. The third-order valence-electron chi connectivity index (χ3n) is 4.78. The van der Waals surface area contributed by atoms with Crippen molar-refractivity contribution in [3.63, 3.8) is 0 Å². The number of nitrogens with one attached hydrogen (secondary N) is 2. The second-order valence-corrected chi connectivity index (χ2v) is 8.21. The summed E-state index contributed by atoms with van der Waals surface area (Å²) in [5.74, 6) is 0.271. The van der Waals surface area contributed by atoms with Gasteiger partial charge in [-0.05, 0) is 60.7 Å². The van der Waals surface area contributed by atoms with E-state index in [0.29, 0.717) is 5.69 Å². The van der Waals surface area contributed by atoms with Crippen LogP contribution in [-0.4, -0.2) is 17.7 Å². The Kier molecular flexibility index (Phi) is 7.40. The summed E-state index contributed by atoms with van der Waals surface area (Å²) in [6, 6.07) is 35.6. The molecule has 0 atom stereocenters. The molecule has 0 bridgehead atoms. The summed E-state index contributed by atoms with van der Waals surface area (Å²) in [5, 5.41) is 5.59. The van der Waals surface area contributed by atoms with E-state index >= 15 is 0 Å². The Morgan fingerprint density at radius 1 is 0.606 bits per heavy atom. The number of urea groups is 1. The van der Waals surface area contributed by atoms with Gasteiger partial charge in [0.15, 0.2) is 0 Å². The van der Waals surface area contributed by atoms with Crippen LogP contribution in [0.5, 0.6) is 0 Å². The maximum absolute atomic E-state index is 13.1. The van der Waals surface area contributed by atoms with Gasteiger partial charge >= 0.3 is 6.03 Å². The van der Waals surface area contributed by atoms with Crippen molar-refractivity contribution < 1.29 is 9.59 Å². The van der Waals surface area contributed by atoms with Crippen molar-refractivity contribution in [1.29, 1.82) is 0 Å². The van der Waals surface area contributed by atoms with E-state index in [-0.39, 0.29) is 17.7 Å². The standard InChI is InChI=1S/C27H23N3O2S/c31-26(30(23-12-6-2-7-13-23)24-14-8-3-9-15-24)20-33-25-18-16-22(17-19-25)29-27(32)28-21-10-4-1-5-11-21/h1-19H,20H2,(H2,28,29,32). The Balaban J connectivity index is 1.37. The molecule has 0 fully saturated rings. The van der Waals surface area contributed by atoms with Crippen molar-refractivity contribution >= 4 is 46.4 Å². The monoisotopic (exact) mass is 453 g/mol. The fourth-order valence-corrected chi connectivity index (χ4v) is 4.00. The first-order valence-electron chi connectivity index (χ1n) is 10.5. The molecular formula is C27H23N3O2S. The minimum atomic E-state index is -0.307. The zero-order valence-corrected chi connectivity index (χ0v) is 18.7. The second-order valence-electron chi connectivity index (χ2n) is 7.16. The zero-order chi connectivity index (χ0) is 22.9. The highest BCUT2D eigenvalue weighted by molar-refractivity contribution is 8.00. The van der Waals surface area contributed by atoms with E-state index in [1.165, 1.54) is 11.8 Å². The van der Waals surface area contributed by atoms with Crippen LogP contribution in [0.1, 0.15) is 0 Å². The van der Waals surface area contributed by atoms with Crippen LogP contribution >= 0.6 is 11.8 Å². The summed E-state index contributed by atoms with van der Waals surface area (Å²) in [4.78, 5) is 28.0. The summed E-state index contributed by atoms with van der Waals surface area (Å²) < 4.78 is 0. The number of rotatable bonds is 7. The first kappa shape index (κ1) is 22.2. The Hall–Kier alpha value is -4.03. The summed E-state index contributed by atoms with van der Waals surface area (Å²) in [5.41, 5.74) is 3.06. The third kappa shape index (κ3) is 6.24. The summed E-state index contributed by atoms with van der Waals surface area (Å²) in [6.45, 7) is 0. The van der Waals surface area contributed by atoms with Crippen LogP contribution < -0.4 is 15.5 Å². The minimum absolute atomic E-state index is 0.0122. The second kappa shape index (κ2) is 11.0. The average Bonchev–Trinajstić information content (AvgIpc) is 2.86. The molecular weight excluding hydrogens is 430 g/mol. The molecule has 6 heteroatoms. The van der Waals surface area contributed by atoms with Gasteiger partial charge in [0.25, 0.3) is 0 Å². The molecule has 4 aromatic carbocycles. The van der Waals surface area contributed by atoms with E-state index in [1.807, 2.05) is 115 Å². The molecule has 3 amide bonds. The number of para-hydroxylation sites is 3. The predicted molar refractivity (Wildman–Crippen MR) is 136 cm³/mol. The van der Waals surface area contributed by atoms with E-state index in [4.69, 9.17) is 0 Å². The Morgan fingerprint density at radius 2 is 1.06 bits per heavy atom. The molecule has 0 spiro atoms. The van der Waals surface area contributed by atoms with Crippen molar-refractivity contribution in [1.82, 2.24) is 0 Å². The molecule has 0 saturated carbocycles. The van der Waals surface area contributed by atoms with Crippen LogP contribution in [-0.2, 0) is 4.79 Å². The van der Waals surface area contributed by atoms with Gasteiger partial charge in [0, 0.05) is 27.6 Å². The molecule has 0 radical (unpaired) electrons. The molecule has 0 aromatic heterocycles. The lowest BCUT2D eigenvalue weighted by molar-refractivity contribution is -0.115. The fraction of sp³-hybridized carbons (Fsp3) is 0.0370. The van der Waals surface area contributed by atoms with Gasteiger partial charge in [0.2, 0.25) is 5.91 Å². The number of carbonyl (C=O) groups excluding carboxylic acids is 2. The van der Waals surface area contributed by atoms with Gasteiger partial charge in [0.1, 0.15) is 0 Å². The largest absolute Gasteiger partial charge is 0.323 e. The van der Waals surface area contributed by atoms with Crippen molar-refractivity contribution in [2.45, 2.75) is 4.90 Å². The number of anilines is 4. The summed E-state index contributed by atoms with van der Waals surface area (Å²) >= 11 is 1.46. The van der Waals surface area contributed by atoms with Crippen LogP contribution in [0.2, 0.25) is 0 Å². The van der Waals surface area contributed by atoms with E-state index in [0.717, 1.165) is 22.0 Å². The Morgan fingerprint density at radius 3 is 1.58 bits per heavy atom. The molecule has 164 valence electrons. The van der Waals surface area contributed by atoms with Crippen molar-refractivity contribution in [3.05, 3.63) is 115 Å². The zero-order valence-electron chi connectivity index (χ0n) is 17.8. The van der Waals surface area contributed by atoms with Gasteiger partial charge in [-0.3, -0.25) is 9.69 Å². The lowest BCUT2D eigenvalue weighted by atomic mass is 10.2. The van der Waals surface area contributed by atoms with Crippen LogP contribution in [0.25, 0.3) is 0 Å². The highest BCUT2D eigenvalue weighted by atomic mass is 32.2. The number of hydrogen-bond donors (Lipinski definition) is 2. The molecule has 0 unspecified atom stereocenters. The van der Waals surface area contributed by atoms with Gasteiger partial charge < -0.3 is 10.6 Å². The fourth-order valence-electron chi connectivity index (χ4n) is 3.25. The number of carbonyl (C=O) groups is 2. The maximum atomic E-state index is 13.1. The van der Waals surface area contributed by atoms with Crippen molar-refractivity contribution in [2.24, 2.45) is 0 Å². The normalized spacial score (nSPS) is 10.3. The number of nitrogens with zero attached hydrogens (tertiary/aromatic N) is 1. The van der Waals surface area contributed by atoms with E-state index in [1.54, 1.807) is 4.90 Å². The maximum Gasteiger partial charge on any atom is 0.323 e. The lowest BCUT2D eigenvalue weighted by Crippen LogP contribution is -2.27. The number of benzene rings is 4. The van der Waals surface area contributed by atoms with Gasteiger partial charge in [-0.1, -0.05) is 54.6 Å². The average molecular weight is 454 g/mol. The quantitative estimate of drug-likeness (QED) is 0.303. The molecule has 4 rings (SSSR count). The highest BCUT2D eigenvalue weighted by Gasteiger charge is 2.18. The Bertz CT molecular complexity index is 1140. The van der Waals surface area contributed by atoms with Gasteiger partial charge in [0.05, 0.1) is 5.75 Å². The highest BCUT2D eigenvalue weighted by Crippen LogP contribution is 2.28. The number of amides is 3. The molecule has 0 aliphatic rings. The first-order valence-corrected chi connectivity index (χ1v) is 11.5. The van der Waals surface area contributed by atoms with E-state index in [2.05, 4.69) is 10.6 Å². The molecule has 4 aromatic rings.